The van der Waals surface area contributed by atoms with Crippen LogP contribution in [0.5, 0.6) is 0 Å². The molecule has 0 aliphatic rings. The molecule has 0 aliphatic heterocycles. The van der Waals surface area contributed by atoms with E-state index >= 15 is 0 Å². The first-order valence-corrected chi connectivity index (χ1v) is 8.49. The largest absolute Gasteiger partial charge is 0.103 e. The van der Waals surface area contributed by atoms with Gasteiger partial charge in [0, 0.05) is 5.92 Å². The van der Waals surface area contributed by atoms with Crippen molar-refractivity contribution in [3.63, 3.8) is 0 Å². The summed E-state index contributed by atoms with van der Waals surface area (Å²) in [5.74, 6) is 0.825. The molecular formula is C24H26. The van der Waals surface area contributed by atoms with Crippen molar-refractivity contribution in [2.45, 2.75) is 25.7 Å². The quantitative estimate of drug-likeness (QED) is 0.464. The Morgan fingerprint density at radius 3 is 1.25 bits per heavy atom. The minimum Gasteiger partial charge on any atom is -0.103 e. The van der Waals surface area contributed by atoms with Crippen LogP contribution in [0.3, 0.4) is 0 Å². The van der Waals surface area contributed by atoms with Gasteiger partial charge in [-0.2, -0.15) is 0 Å². The van der Waals surface area contributed by atoms with Crippen LogP contribution in [0.25, 0.3) is 0 Å². The molecule has 0 spiro atoms. The van der Waals surface area contributed by atoms with Crippen molar-refractivity contribution in [1.82, 2.24) is 0 Å². The topological polar surface area (TPSA) is 0 Å². The van der Waals surface area contributed by atoms with Crippen molar-refractivity contribution in [2.24, 2.45) is 0 Å². The zero-order valence-electron chi connectivity index (χ0n) is 14.6. The molecule has 24 heavy (non-hydrogen) atoms. The average molecular weight is 314 g/mol. The fraction of sp³-hybridized carbons (Fsp3) is 0.167. The van der Waals surface area contributed by atoms with Crippen molar-refractivity contribution >= 4 is 0 Å². The Bertz CT molecular complexity index is 659. The summed E-state index contributed by atoms with van der Waals surface area (Å²) in [6.45, 7) is 7.57. The Kier molecular flexibility index (Phi) is 7.04. The standard InChI is InChI=1S/C21H20.C3H6/c1-17(18-11-5-2-6-12-18)21(19-13-7-3-8-14-19)20-15-9-4-10-16-20;1-3-2/h2-17,21H,1H3;3H,1H2,2H3. The minimum atomic E-state index is 0.384. The molecule has 0 saturated heterocycles. The van der Waals surface area contributed by atoms with Crippen molar-refractivity contribution in [3.8, 4) is 0 Å². The van der Waals surface area contributed by atoms with Crippen LogP contribution in [0.4, 0.5) is 0 Å². The maximum atomic E-state index is 3.36. The molecule has 0 fully saturated rings. The molecule has 0 heterocycles. The van der Waals surface area contributed by atoms with Gasteiger partial charge in [-0.05, 0) is 29.5 Å². The maximum absolute atomic E-state index is 3.36. The average Bonchev–Trinajstić information content (AvgIpc) is 2.65. The van der Waals surface area contributed by atoms with Gasteiger partial charge in [0.05, 0.1) is 0 Å². The fourth-order valence-electron chi connectivity index (χ4n) is 3.04. The Balaban J connectivity index is 0.000000647. The molecule has 1 atom stereocenters. The molecule has 3 rings (SSSR count). The first-order chi connectivity index (χ1) is 11.8. The van der Waals surface area contributed by atoms with Crippen LogP contribution in [-0.4, -0.2) is 0 Å². The van der Waals surface area contributed by atoms with Gasteiger partial charge in [-0.1, -0.05) is 104 Å². The molecule has 0 N–H and O–H groups in total. The molecular weight excluding hydrogens is 288 g/mol. The van der Waals surface area contributed by atoms with Crippen LogP contribution in [0, 0.1) is 0 Å². The van der Waals surface area contributed by atoms with E-state index in [-0.39, 0.29) is 0 Å². The van der Waals surface area contributed by atoms with Gasteiger partial charge in [-0.3, -0.25) is 0 Å². The van der Waals surface area contributed by atoms with E-state index in [2.05, 4.69) is 104 Å². The fourth-order valence-corrected chi connectivity index (χ4v) is 3.04. The highest BCUT2D eigenvalue weighted by Crippen LogP contribution is 2.37. The normalized spacial score (nSPS) is 11.3. The summed E-state index contributed by atoms with van der Waals surface area (Å²) in [4.78, 5) is 0. The number of allylic oxidation sites excluding steroid dienone is 1. The van der Waals surface area contributed by atoms with Gasteiger partial charge in [-0.15, -0.1) is 6.58 Å². The Morgan fingerprint density at radius 2 is 0.917 bits per heavy atom. The third kappa shape index (κ3) is 4.70. The summed E-state index contributed by atoms with van der Waals surface area (Å²) < 4.78 is 0. The lowest BCUT2D eigenvalue weighted by molar-refractivity contribution is 0.657. The molecule has 0 nitrogen and oxygen atoms in total. The second-order valence-electron chi connectivity index (χ2n) is 5.91. The smallest absolute Gasteiger partial charge is 0.0155 e. The molecule has 0 aliphatic carbocycles. The second-order valence-corrected chi connectivity index (χ2v) is 5.91. The highest BCUT2D eigenvalue weighted by molar-refractivity contribution is 5.37. The zero-order valence-corrected chi connectivity index (χ0v) is 14.6. The molecule has 3 aromatic rings. The summed E-state index contributed by atoms with van der Waals surface area (Å²) in [5.41, 5.74) is 4.13. The first kappa shape index (κ1) is 17.7. The van der Waals surface area contributed by atoms with E-state index in [9.17, 15) is 0 Å². The molecule has 0 aromatic heterocycles. The van der Waals surface area contributed by atoms with E-state index < -0.39 is 0 Å². The first-order valence-electron chi connectivity index (χ1n) is 8.49. The SMILES string of the molecule is C=CC.CC(c1ccccc1)C(c1ccccc1)c1ccccc1. The molecule has 1 unspecified atom stereocenters. The van der Waals surface area contributed by atoms with Crippen molar-refractivity contribution in [2.75, 3.05) is 0 Å². The number of rotatable bonds is 4. The van der Waals surface area contributed by atoms with Gasteiger partial charge in [0.25, 0.3) is 0 Å². The van der Waals surface area contributed by atoms with E-state index in [0.717, 1.165) is 0 Å². The van der Waals surface area contributed by atoms with Crippen LogP contribution < -0.4 is 0 Å². The highest BCUT2D eigenvalue weighted by Gasteiger charge is 2.22. The lowest BCUT2D eigenvalue weighted by atomic mass is 9.78. The van der Waals surface area contributed by atoms with Crippen LogP contribution in [0.1, 0.15) is 42.4 Å². The van der Waals surface area contributed by atoms with Crippen molar-refractivity contribution in [3.05, 3.63) is 120 Å². The number of hydrogen-bond acceptors (Lipinski definition) is 0. The van der Waals surface area contributed by atoms with Gasteiger partial charge >= 0.3 is 0 Å². The third-order valence-corrected chi connectivity index (χ3v) is 4.14. The van der Waals surface area contributed by atoms with Gasteiger partial charge in [0.2, 0.25) is 0 Å². The third-order valence-electron chi connectivity index (χ3n) is 4.14. The van der Waals surface area contributed by atoms with Gasteiger partial charge in [0.15, 0.2) is 0 Å². The molecule has 0 bridgehead atoms. The van der Waals surface area contributed by atoms with E-state index in [1.807, 2.05) is 6.92 Å². The Hall–Kier alpha value is -2.60. The van der Waals surface area contributed by atoms with Crippen molar-refractivity contribution < 1.29 is 0 Å². The Morgan fingerprint density at radius 1 is 0.625 bits per heavy atom. The lowest BCUT2D eigenvalue weighted by Crippen LogP contribution is -2.10. The number of benzene rings is 3. The number of hydrogen-bond donors (Lipinski definition) is 0. The van der Waals surface area contributed by atoms with Gasteiger partial charge < -0.3 is 0 Å². The molecule has 0 heteroatoms. The molecule has 3 aromatic carbocycles. The second kappa shape index (κ2) is 9.52. The minimum absolute atomic E-state index is 0.384. The van der Waals surface area contributed by atoms with Crippen molar-refractivity contribution in [1.29, 1.82) is 0 Å². The molecule has 0 saturated carbocycles. The summed E-state index contributed by atoms with van der Waals surface area (Å²) in [5, 5.41) is 0. The molecule has 0 amide bonds. The maximum Gasteiger partial charge on any atom is 0.0155 e. The molecule has 122 valence electrons. The van der Waals surface area contributed by atoms with Crippen LogP contribution in [-0.2, 0) is 0 Å². The van der Waals surface area contributed by atoms with Crippen LogP contribution in [0.2, 0.25) is 0 Å². The summed E-state index contributed by atoms with van der Waals surface area (Å²) in [6, 6.07) is 32.4. The highest BCUT2D eigenvalue weighted by atomic mass is 14.3. The predicted octanol–water partition coefficient (Wildman–Crippen LogP) is 6.81. The summed E-state index contributed by atoms with van der Waals surface area (Å²) in [6.07, 6.45) is 1.75. The van der Waals surface area contributed by atoms with Crippen LogP contribution in [0.15, 0.2) is 104 Å². The van der Waals surface area contributed by atoms with E-state index in [1.165, 1.54) is 16.7 Å². The van der Waals surface area contributed by atoms with Crippen LogP contribution >= 0.6 is 0 Å². The summed E-state index contributed by atoms with van der Waals surface area (Å²) in [7, 11) is 0. The Labute approximate surface area is 146 Å². The monoisotopic (exact) mass is 314 g/mol. The van der Waals surface area contributed by atoms with E-state index in [0.29, 0.717) is 11.8 Å². The predicted molar refractivity (Wildman–Crippen MR) is 105 cm³/mol. The molecule has 0 radical (unpaired) electrons. The zero-order chi connectivity index (χ0) is 17.2. The lowest BCUT2D eigenvalue weighted by Gasteiger charge is -2.25. The summed E-state index contributed by atoms with van der Waals surface area (Å²) >= 11 is 0. The van der Waals surface area contributed by atoms with E-state index in [1.54, 1.807) is 6.08 Å². The van der Waals surface area contributed by atoms with Gasteiger partial charge in [-0.25, -0.2) is 0 Å². The van der Waals surface area contributed by atoms with E-state index in [4.69, 9.17) is 0 Å². The van der Waals surface area contributed by atoms with Gasteiger partial charge in [0.1, 0.15) is 0 Å².